The molecule has 0 radical (unpaired) electrons. The Balaban J connectivity index is 1.66. The van der Waals surface area contributed by atoms with Crippen LogP contribution in [-0.2, 0) is 16.0 Å². The number of aliphatic hydroxyl groups excluding tert-OH is 1. The standard InChI is InChI=1S/C21H22FN3O5S/c22-16-7-2-1-6-15(16)19-25(17(12-31-19)20(28)29)18(27)11-23-21(30)24-14-5-3-4-13(10-14)8-9-26/h1-7,10,17,19,26H,8-9,11-12H2,(H,28,29)(H2,23,24,30)/t17-,19+/m0/s1. The zero-order valence-electron chi connectivity index (χ0n) is 16.5. The average molecular weight is 447 g/mol. The van der Waals surface area contributed by atoms with Gasteiger partial charge in [0, 0.05) is 23.6 Å². The fourth-order valence-electron chi connectivity index (χ4n) is 3.27. The van der Waals surface area contributed by atoms with Crippen LogP contribution in [0.2, 0.25) is 0 Å². The van der Waals surface area contributed by atoms with Gasteiger partial charge in [-0.2, -0.15) is 0 Å². The highest BCUT2D eigenvalue weighted by atomic mass is 32.2. The number of amides is 3. The van der Waals surface area contributed by atoms with E-state index in [-0.39, 0.29) is 17.9 Å². The molecule has 4 N–H and O–H groups in total. The number of benzene rings is 2. The number of rotatable bonds is 7. The summed E-state index contributed by atoms with van der Waals surface area (Å²) >= 11 is 1.16. The van der Waals surface area contributed by atoms with Gasteiger partial charge in [-0.05, 0) is 30.2 Å². The number of halogens is 1. The van der Waals surface area contributed by atoms with E-state index < -0.39 is 41.7 Å². The number of carboxylic acids is 1. The van der Waals surface area contributed by atoms with Crippen LogP contribution in [0.15, 0.2) is 48.5 Å². The number of nitrogens with zero attached hydrogens (tertiary/aromatic N) is 1. The maximum Gasteiger partial charge on any atom is 0.327 e. The first kappa shape index (κ1) is 22.6. The fourth-order valence-corrected chi connectivity index (χ4v) is 4.74. The van der Waals surface area contributed by atoms with Crippen molar-refractivity contribution in [2.24, 2.45) is 0 Å². The lowest BCUT2D eigenvalue weighted by Gasteiger charge is -2.28. The molecular formula is C21H22FN3O5S. The second-order valence-corrected chi connectivity index (χ2v) is 7.96. The molecule has 2 aromatic carbocycles. The predicted molar refractivity (Wildman–Crippen MR) is 114 cm³/mol. The third-order valence-corrected chi connectivity index (χ3v) is 6.04. The number of carboxylic acid groups (broad SMARTS) is 1. The topological polar surface area (TPSA) is 119 Å². The minimum absolute atomic E-state index is 0.0219. The zero-order valence-corrected chi connectivity index (χ0v) is 17.3. The maximum atomic E-state index is 14.3. The van der Waals surface area contributed by atoms with E-state index in [0.717, 1.165) is 22.2 Å². The van der Waals surface area contributed by atoms with E-state index in [1.54, 1.807) is 24.3 Å². The number of hydrogen-bond acceptors (Lipinski definition) is 5. The quantitative estimate of drug-likeness (QED) is 0.517. The van der Waals surface area contributed by atoms with Crippen molar-refractivity contribution >= 4 is 35.4 Å². The molecule has 1 saturated heterocycles. The molecule has 3 amide bonds. The Labute approximate surface area is 182 Å². The normalized spacial score (nSPS) is 17.9. The first-order chi connectivity index (χ1) is 14.9. The molecule has 2 atom stereocenters. The fraction of sp³-hybridized carbons (Fsp3) is 0.286. The summed E-state index contributed by atoms with van der Waals surface area (Å²) in [5, 5.41) is 22.7. The number of aliphatic hydroxyl groups is 1. The predicted octanol–water partition coefficient (Wildman–Crippen LogP) is 2.21. The number of carbonyl (C=O) groups excluding carboxylic acids is 2. The highest BCUT2D eigenvalue weighted by Gasteiger charge is 2.43. The zero-order chi connectivity index (χ0) is 22.4. The van der Waals surface area contributed by atoms with E-state index in [2.05, 4.69) is 10.6 Å². The molecule has 1 aliphatic heterocycles. The molecule has 8 nitrogen and oxygen atoms in total. The second kappa shape index (κ2) is 10.3. The number of urea groups is 1. The number of aliphatic carboxylic acids is 1. The van der Waals surface area contributed by atoms with Crippen LogP contribution in [0.1, 0.15) is 16.5 Å². The Kier molecular flexibility index (Phi) is 7.48. The molecule has 0 saturated carbocycles. The SMILES string of the molecule is O=C(NCC(=O)N1[C@@H](c2ccccc2F)SC[C@H]1C(=O)O)Nc1cccc(CCO)c1. The smallest absolute Gasteiger partial charge is 0.327 e. The van der Waals surface area contributed by atoms with Gasteiger partial charge in [0.25, 0.3) is 0 Å². The van der Waals surface area contributed by atoms with Crippen LogP contribution in [-0.4, -0.2) is 58.0 Å². The van der Waals surface area contributed by atoms with Gasteiger partial charge in [-0.15, -0.1) is 11.8 Å². The minimum Gasteiger partial charge on any atom is -0.480 e. The first-order valence-electron chi connectivity index (χ1n) is 9.55. The Morgan fingerprint density at radius 3 is 2.65 bits per heavy atom. The molecule has 31 heavy (non-hydrogen) atoms. The van der Waals surface area contributed by atoms with E-state index in [4.69, 9.17) is 5.11 Å². The van der Waals surface area contributed by atoms with Crippen molar-refractivity contribution in [1.82, 2.24) is 10.2 Å². The Bertz CT molecular complexity index is 974. The lowest BCUT2D eigenvalue weighted by molar-refractivity contribution is -0.148. The van der Waals surface area contributed by atoms with Gasteiger partial charge in [0.05, 0.1) is 6.54 Å². The summed E-state index contributed by atoms with van der Waals surface area (Å²) < 4.78 is 14.3. The van der Waals surface area contributed by atoms with Crippen molar-refractivity contribution in [3.05, 3.63) is 65.5 Å². The highest BCUT2D eigenvalue weighted by Crippen LogP contribution is 2.42. The average Bonchev–Trinajstić information content (AvgIpc) is 3.18. The van der Waals surface area contributed by atoms with Crippen molar-refractivity contribution in [3.63, 3.8) is 0 Å². The molecular weight excluding hydrogens is 425 g/mol. The summed E-state index contributed by atoms with van der Waals surface area (Å²) in [5.41, 5.74) is 1.54. The second-order valence-electron chi connectivity index (χ2n) is 6.84. The molecule has 164 valence electrons. The van der Waals surface area contributed by atoms with Crippen molar-refractivity contribution in [1.29, 1.82) is 0 Å². The van der Waals surface area contributed by atoms with E-state index in [0.29, 0.717) is 12.1 Å². The molecule has 0 aliphatic carbocycles. The summed E-state index contributed by atoms with van der Waals surface area (Å²) in [6, 6.07) is 11.0. The molecule has 2 aromatic rings. The van der Waals surface area contributed by atoms with Gasteiger partial charge < -0.3 is 25.7 Å². The van der Waals surface area contributed by atoms with Crippen molar-refractivity contribution in [2.45, 2.75) is 17.8 Å². The summed E-state index contributed by atoms with van der Waals surface area (Å²) in [6.07, 6.45) is 0.441. The van der Waals surface area contributed by atoms with Gasteiger partial charge in [0.1, 0.15) is 17.2 Å². The van der Waals surface area contributed by atoms with Crippen molar-refractivity contribution in [2.75, 3.05) is 24.2 Å². The third-order valence-electron chi connectivity index (χ3n) is 4.73. The van der Waals surface area contributed by atoms with E-state index in [1.165, 1.54) is 18.2 Å². The van der Waals surface area contributed by atoms with Crippen LogP contribution in [0, 0.1) is 5.82 Å². The molecule has 0 bridgehead atoms. The molecule has 0 aromatic heterocycles. The summed E-state index contributed by atoms with van der Waals surface area (Å²) in [4.78, 5) is 37.7. The summed E-state index contributed by atoms with van der Waals surface area (Å²) in [7, 11) is 0. The number of carbonyl (C=O) groups is 3. The first-order valence-corrected chi connectivity index (χ1v) is 10.6. The molecule has 1 fully saturated rings. The minimum atomic E-state index is -1.19. The molecule has 3 rings (SSSR count). The number of thioether (sulfide) groups is 1. The monoisotopic (exact) mass is 447 g/mol. The Morgan fingerprint density at radius 2 is 1.94 bits per heavy atom. The van der Waals surface area contributed by atoms with Crippen LogP contribution in [0.25, 0.3) is 0 Å². The van der Waals surface area contributed by atoms with Crippen LogP contribution >= 0.6 is 11.8 Å². The van der Waals surface area contributed by atoms with Crippen molar-refractivity contribution < 1.29 is 29.0 Å². The van der Waals surface area contributed by atoms with E-state index in [1.807, 2.05) is 6.07 Å². The largest absolute Gasteiger partial charge is 0.480 e. The Hall–Kier alpha value is -3.11. The lowest BCUT2D eigenvalue weighted by atomic mass is 10.1. The number of nitrogens with one attached hydrogen (secondary N) is 2. The third kappa shape index (κ3) is 5.53. The van der Waals surface area contributed by atoms with Gasteiger partial charge in [0.15, 0.2) is 0 Å². The van der Waals surface area contributed by atoms with Crippen molar-refractivity contribution in [3.8, 4) is 0 Å². The van der Waals surface area contributed by atoms with E-state index in [9.17, 15) is 23.9 Å². The molecule has 10 heteroatoms. The summed E-state index contributed by atoms with van der Waals surface area (Å²) in [5.74, 6) is -2.24. The van der Waals surface area contributed by atoms with E-state index >= 15 is 0 Å². The molecule has 1 heterocycles. The number of hydrogen-bond donors (Lipinski definition) is 4. The Morgan fingerprint density at radius 1 is 1.16 bits per heavy atom. The van der Waals surface area contributed by atoms with Crippen LogP contribution in [0.5, 0.6) is 0 Å². The lowest BCUT2D eigenvalue weighted by Crippen LogP contribution is -2.47. The van der Waals surface area contributed by atoms with Gasteiger partial charge in [-0.25, -0.2) is 14.0 Å². The molecule has 0 spiro atoms. The van der Waals surface area contributed by atoms with Gasteiger partial charge in [-0.1, -0.05) is 30.3 Å². The number of anilines is 1. The summed E-state index contributed by atoms with van der Waals surface area (Å²) in [6.45, 7) is -0.469. The van der Waals surface area contributed by atoms with Gasteiger partial charge in [0.2, 0.25) is 5.91 Å². The van der Waals surface area contributed by atoms with Gasteiger partial charge >= 0.3 is 12.0 Å². The highest BCUT2D eigenvalue weighted by molar-refractivity contribution is 7.99. The molecule has 1 aliphatic rings. The van der Waals surface area contributed by atoms with Crippen LogP contribution in [0.3, 0.4) is 0 Å². The van der Waals surface area contributed by atoms with Crippen LogP contribution in [0.4, 0.5) is 14.9 Å². The van der Waals surface area contributed by atoms with Gasteiger partial charge in [-0.3, -0.25) is 4.79 Å². The van der Waals surface area contributed by atoms with Crippen LogP contribution < -0.4 is 10.6 Å². The maximum absolute atomic E-state index is 14.3. The molecule has 0 unspecified atom stereocenters.